The van der Waals surface area contributed by atoms with E-state index in [-0.39, 0.29) is 12.1 Å². The van der Waals surface area contributed by atoms with E-state index < -0.39 is 17.6 Å². The van der Waals surface area contributed by atoms with Crippen molar-refractivity contribution in [1.82, 2.24) is 10.7 Å². The molecule has 0 heterocycles. The van der Waals surface area contributed by atoms with Crippen LogP contribution in [0.25, 0.3) is 0 Å². The molecule has 0 saturated heterocycles. The summed E-state index contributed by atoms with van der Waals surface area (Å²) in [6.07, 6.45) is 1.44. The number of carbonyl (C=O) groups is 2. The molecule has 118 valence electrons. The summed E-state index contributed by atoms with van der Waals surface area (Å²) in [5, 5.41) is 6.66. The Morgan fingerprint density at radius 2 is 1.83 bits per heavy atom. The number of carbonyl (C=O) groups excluding carboxylic acids is 2. The minimum Gasteiger partial charge on any atom is -0.343 e. The molecule has 0 saturated carbocycles. The summed E-state index contributed by atoms with van der Waals surface area (Å²) in [4.78, 5) is 23.3. The fraction of sp³-hybridized carbons (Fsp3) is 0.0625. The molecule has 23 heavy (non-hydrogen) atoms. The second-order valence-electron chi connectivity index (χ2n) is 4.51. The van der Waals surface area contributed by atoms with Crippen LogP contribution in [0.5, 0.6) is 0 Å². The maximum atomic E-state index is 13.4. The number of halogens is 2. The van der Waals surface area contributed by atoms with Crippen LogP contribution in [0.3, 0.4) is 0 Å². The molecule has 2 aromatic carbocycles. The Hall–Kier alpha value is -2.73. The summed E-state index contributed by atoms with van der Waals surface area (Å²) in [6.45, 7) is -0.314. The molecule has 0 aliphatic heterocycles. The minimum atomic E-state index is -0.667. The van der Waals surface area contributed by atoms with Crippen LogP contribution in [0.4, 0.5) is 4.39 Å². The van der Waals surface area contributed by atoms with Crippen LogP contribution in [0.15, 0.2) is 53.6 Å². The van der Waals surface area contributed by atoms with E-state index in [9.17, 15) is 14.0 Å². The number of amides is 2. The molecule has 5 nitrogen and oxygen atoms in total. The lowest BCUT2D eigenvalue weighted by atomic mass is 10.2. The Labute approximate surface area is 137 Å². The Bertz CT molecular complexity index is 732. The average Bonchev–Trinajstić information content (AvgIpc) is 2.55. The zero-order valence-corrected chi connectivity index (χ0v) is 12.7. The van der Waals surface area contributed by atoms with Gasteiger partial charge in [0, 0.05) is 5.02 Å². The Morgan fingerprint density at radius 1 is 1.13 bits per heavy atom. The average molecular weight is 334 g/mol. The SMILES string of the molecule is O=C(CNC(=O)c1ccccc1F)N/N=C/c1ccc(Cl)cc1. The first-order valence-electron chi connectivity index (χ1n) is 6.66. The summed E-state index contributed by atoms with van der Waals surface area (Å²) in [7, 11) is 0. The van der Waals surface area contributed by atoms with Crippen LogP contribution in [0.1, 0.15) is 15.9 Å². The van der Waals surface area contributed by atoms with Crippen LogP contribution in [0, 0.1) is 5.82 Å². The molecule has 0 bridgehead atoms. The molecule has 7 heteroatoms. The van der Waals surface area contributed by atoms with Crippen molar-refractivity contribution < 1.29 is 14.0 Å². The lowest BCUT2D eigenvalue weighted by Gasteiger charge is -2.04. The molecular formula is C16H13ClFN3O2. The number of nitrogens with zero attached hydrogens (tertiary/aromatic N) is 1. The van der Waals surface area contributed by atoms with Gasteiger partial charge >= 0.3 is 0 Å². The van der Waals surface area contributed by atoms with E-state index in [0.717, 1.165) is 5.56 Å². The first-order chi connectivity index (χ1) is 11.1. The number of nitrogens with one attached hydrogen (secondary N) is 2. The summed E-state index contributed by atoms with van der Waals surface area (Å²) in [5.41, 5.74) is 2.89. The van der Waals surface area contributed by atoms with Crippen LogP contribution in [-0.2, 0) is 4.79 Å². The van der Waals surface area contributed by atoms with Gasteiger partial charge in [-0.2, -0.15) is 5.10 Å². The maximum Gasteiger partial charge on any atom is 0.259 e. The second kappa shape index (κ2) is 8.05. The fourth-order valence-corrected chi connectivity index (χ4v) is 1.79. The van der Waals surface area contributed by atoms with E-state index in [0.29, 0.717) is 5.02 Å². The van der Waals surface area contributed by atoms with Crippen molar-refractivity contribution in [3.05, 3.63) is 70.5 Å². The van der Waals surface area contributed by atoms with Crippen molar-refractivity contribution in [1.29, 1.82) is 0 Å². The molecule has 0 spiro atoms. The van der Waals surface area contributed by atoms with Gasteiger partial charge in [-0.25, -0.2) is 9.82 Å². The number of rotatable bonds is 5. The Morgan fingerprint density at radius 3 is 2.52 bits per heavy atom. The van der Waals surface area contributed by atoms with Crippen molar-refractivity contribution in [2.75, 3.05) is 6.54 Å². The smallest absolute Gasteiger partial charge is 0.259 e. The highest BCUT2D eigenvalue weighted by molar-refractivity contribution is 6.30. The van der Waals surface area contributed by atoms with Gasteiger partial charge in [0.25, 0.3) is 11.8 Å². The quantitative estimate of drug-likeness (QED) is 0.651. The highest BCUT2D eigenvalue weighted by Crippen LogP contribution is 2.07. The van der Waals surface area contributed by atoms with E-state index in [4.69, 9.17) is 11.6 Å². The summed E-state index contributed by atoms with van der Waals surface area (Å²) in [6, 6.07) is 12.4. The normalized spacial score (nSPS) is 10.5. The van der Waals surface area contributed by atoms with Crippen LogP contribution >= 0.6 is 11.6 Å². The van der Waals surface area contributed by atoms with Crippen LogP contribution in [-0.4, -0.2) is 24.6 Å². The zero-order chi connectivity index (χ0) is 16.7. The third kappa shape index (κ3) is 5.19. The van der Waals surface area contributed by atoms with E-state index in [1.807, 2.05) is 0 Å². The molecule has 0 aromatic heterocycles. The molecule has 0 aliphatic rings. The predicted molar refractivity (Wildman–Crippen MR) is 85.9 cm³/mol. The number of benzene rings is 2. The van der Waals surface area contributed by atoms with Gasteiger partial charge in [0.1, 0.15) is 5.82 Å². The van der Waals surface area contributed by atoms with Crippen molar-refractivity contribution >= 4 is 29.6 Å². The minimum absolute atomic E-state index is 0.120. The van der Waals surface area contributed by atoms with E-state index in [1.54, 1.807) is 24.3 Å². The topological polar surface area (TPSA) is 70.6 Å². The summed E-state index contributed by atoms with van der Waals surface area (Å²) in [5.74, 6) is -1.84. The first-order valence-corrected chi connectivity index (χ1v) is 7.04. The molecule has 2 aromatic rings. The molecule has 0 aliphatic carbocycles. The molecule has 2 amide bonds. The highest BCUT2D eigenvalue weighted by Gasteiger charge is 2.11. The summed E-state index contributed by atoms with van der Waals surface area (Å²) >= 11 is 5.75. The summed E-state index contributed by atoms with van der Waals surface area (Å²) < 4.78 is 13.4. The second-order valence-corrected chi connectivity index (χ2v) is 4.94. The third-order valence-corrected chi connectivity index (χ3v) is 3.05. The van der Waals surface area contributed by atoms with Gasteiger partial charge in [0.2, 0.25) is 0 Å². The molecule has 2 N–H and O–H groups in total. The zero-order valence-electron chi connectivity index (χ0n) is 11.9. The molecule has 2 rings (SSSR count). The number of hydrogen-bond acceptors (Lipinski definition) is 3. The van der Waals surface area contributed by atoms with Gasteiger partial charge in [-0.3, -0.25) is 9.59 Å². The predicted octanol–water partition coefficient (Wildman–Crippen LogP) is 2.36. The maximum absolute atomic E-state index is 13.4. The molecule has 0 unspecified atom stereocenters. The fourth-order valence-electron chi connectivity index (χ4n) is 1.67. The van der Waals surface area contributed by atoms with Gasteiger partial charge in [0.15, 0.2) is 0 Å². The number of hydrazone groups is 1. The van der Waals surface area contributed by atoms with Crippen molar-refractivity contribution in [3.8, 4) is 0 Å². The van der Waals surface area contributed by atoms with Gasteiger partial charge in [-0.1, -0.05) is 35.9 Å². The van der Waals surface area contributed by atoms with Crippen molar-refractivity contribution in [3.63, 3.8) is 0 Å². The monoisotopic (exact) mass is 333 g/mol. The van der Waals surface area contributed by atoms with Crippen molar-refractivity contribution in [2.45, 2.75) is 0 Å². The molecule has 0 radical (unpaired) electrons. The number of hydrogen-bond donors (Lipinski definition) is 2. The van der Waals surface area contributed by atoms with E-state index in [1.165, 1.54) is 30.5 Å². The third-order valence-electron chi connectivity index (χ3n) is 2.80. The highest BCUT2D eigenvalue weighted by atomic mass is 35.5. The van der Waals surface area contributed by atoms with Gasteiger partial charge in [-0.15, -0.1) is 0 Å². The first kappa shape index (κ1) is 16.6. The Balaban J connectivity index is 1.80. The standard InChI is InChI=1S/C16H13ClFN3O2/c17-12-7-5-11(6-8-12)9-20-21-15(22)10-19-16(23)13-3-1-2-4-14(13)18/h1-9H,10H2,(H,19,23)(H,21,22)/b20-9+. The van der Waals surface area contributed by atoms with Gasteiger partial charge in [-0.05, 0) is 29.8 Å². The van der Waals surface area contributed by atoms with Crippen molar-refractivity contribution in [2.24, 2.45) is 5.10 Å². The lowest BCUT2D eigenvalue weighted by Crippen LogP contribution is -2.35. The van der Waals surface area contributed by atoms with Gasteiger partial charge in [0.05, 0.1) is 18.3 Å². The lowest BCUT2D eigenvalue weighted by molar-refractivity contribution is -0.120. The van der Waals surface area contributed by atoms with Crippen LogP contribution in [0.2, 0.25) is 5.02 Å². The molecule has 0 atom stereocenters. The van der Waals surface area contributed by atoms with E-state index in [2.05, 4.69) is 15.8 Å². The largest absolute Gasteiger partial charge is 0.343 e. The Kier molecular flexibility index (Phi) is 5.82. The molecular weight excluding hydrogens is 321 g/mol. The van der Waals surface area contributed by atoms with Crippen LogP contribution < -0.4 is 10.7 Å². The molecule has 0 fully saturated rings. The van der Waals surface area contributed by atoms with E-state index >= 15 is 0 Å². The van der Waals surface area contributed by atoms with Gasteiger partial charge < -0.3 is 5.32 Å².